The molecule has 4 heterocycles. The Morgan fingerprint density at radius 2 is 1.45 bits per heavy atom. The molecule has 0 radical (unpaired) electrons. The van der Waals surface area contributed by atoms with E-state index in [2.05, 4.69) is 40.8 Å². The smallest absolute Gasteiger partial charge is 0.330 e. The number of rotatable bonds is 12. The van der Waals surface area contributed by atoms with Crippen LogP contribution in [-0.2, 0) is 29.7 Å². The van der Waals surface area contributed by atoms with Crippen molar-refractivity contribution >= 4 is 8.53 Å². The number of aryl methyl sites for hydroxylation is 1. The van der Waals surface area contributed by atoms with E-state index in [0.717, 1.165) is 53.1 Å². The van der Waals surface area contributed by atoms with Gasteiger partial charge in [-0.1, -0.05) is 84.9 Å². The van der Waals surface area contributed by atoms with E-state index in [1.807, 2.05) is 84.9 Å². The molecule has 1 aromatic heterocycles. The third kappa shape index (κ3) is 6.94. The summed E-state index contributed by atoms with van der Waals surface area (Å²) in [5, 5.41) is 0. The molecule has 12 heteroatoms. The van der Waals surface area contributed by atoms with E-state index in [4.69, 9.17) is 28.0 Å². The molecule has 5 aromatic rings. The van der Waals surface area contributed by atoms with Gasteiger partial charge in [0, 0.05) is 24.7 Å². The van der Waals surface area contributed by atoms with Gasteiger partial charge in [-0.15, -0.1) is 0 Å². The fourth-order valence-electron chi connectivity index (χ4n) is 8.21. The zero-order valence-corrected chi connectivity index (χ0v) is 32.3. The Morgan fingerprint density at radius 1 is 0.855 bits per heavy atom. The molecule has 3 unspecified atom stereocenters. The molecule has 11 nitrogen and oxygen atoms in total. The minimum atomic E-state index is -1.50. The van der Waals surface area contributed by atoms with Gasteiger partial charge in [0.25, 0.3) is 14.1 Å². The average molecular weight is 764 g/mol. The molecular formula is C43H46N3O8P. The molecule has 1 N–H and O–H groups in total. The molecule has 0 saturated carbocycles. The van der Waals surface area contributed by atoms with Gasteiger partial charge in [0.1, 0.15) is 35.0 Å². The molecule has 55 heavy (non-hydrogen) atoms. The second-order valence-electron chi connectivity index (χ2n) is 14.4. The summed E-state index contributed by atoms with van der Waals surface area (Å²) in [6.07, 6.45) is 2.07. The lowest BCUT2D eigenvalue weighted by atomic mass is 9.80. The number of ether oxygens (including phenoxy) is 4. The van der Waals surface area contributed by atoms with Gasteiger partial charge in [-0.05, 0) is 73.2 Å². The number of fused-ring (bicyclic) bond motifs is 1. The normalized spacial score (nSPS) is 25.2. The van der Waals surface area contributed by atoms with E-state index in [1.54, 1.807) is 27.3 Å². The van der Waals surface area contributed by atoms with E-state index in [-0.39, 0.29) is 12.6 Å². The topological polar surface area (TPSA) is 113 Å². The van der Waals surface area contributed by atoms with Crippen molar-refractivity contribution in [1.82, 2.24) is 14.2 Å². The molecule has 0 aliphatic carbocycles. The fourth-order valence-corrected chi connectivity index (χ4v) is 10.4. The first-order valence-electron chi connectivity index (χ1n) is 18.7. The summed E-state index contributed by atoms with van der Waals surface area (Å²) in [4.78, 5) is 28.0. The Labute approximate surface area is 321 Å². The molecule has 286 valence electrons. The highest BCUT2D eigenvalue weighted by Gasteiger charge is 2.56. The Kier molecular flexibility index (Phi) is 10.5. The van der Waals surface area contributed by atoms with Crippen molar-refractivity contribution in [1.29, 1.82) is 0 Å². The van der Waals surface area contributed by atoms with Gasteiger partial charge in [0.05, 0.1) is 33.0 Å². The van der Waals surface area contributed by atoms with E-state index in [0.29, 0.717) is 12.0 Å². The first-order valence-corrected chi connectivity index (χ1v) is 19.8. The highest BCUT2D eigenvalue weighted by molar-refractivity contribution is 7.45. The van der Waals surface area contributed by atoms with E-state index < -0.39 is 49.4 Å². The van der Waals surface area contributed by atoms with Gasteiger partial charge in [0.2, 0.25) is 0 Å². The maximum Gasteiger partial charge on any atom is 0.330 e. The van der Waals surface area contributed by atoms with Crippen LogP contribution in [0.4, 0.5) is 0 Å². The van der Waals surface area contributed by atoms with Gasteiger partial charge in [0.15, 0.2) is 0 Å². The summed E-state index contributed by atoms with van der Waals surface area (Å²) >= 11 is 0. The molecule has 3 aliphatic rings. The summed E-state index contributed by atoms with van der Waals surface area (Å²) in [6.45, 7) is 4.78. The van der Waals surface area contributed by atoms with Crippen LogP contribution in [0.3, 0.4) is 0 Å². The molecule has 8 rings (SSSR count). The maximum absolute atomic E-state index is 13.2. The third-order valence-electron chi connectivity index (χ3n) is 11.2. The summed E-state index contributed by atoms with van der Waals surface area (Å²) in [6, 6.07) is 36.3. The van der Waals surface area contributed by atoms with Crippen LogP contribution in [0.1, 0.15) is 60.2 Å². The lowest BCUT2D eigenvalue weighted by molar-refractivity contribution is -0.0923. The van der Waals surface area contributed by atoms with Crippen LogP contribution in [0.15, 0.2) is 125 Å². The minimum absolute atomic E-state index is 0.0910. The Balaban J connectivity index is 1.18. The molecule has 0 amide bonds. The predicted octanol–water partition coefficient (Wildman–Crippen LogP) is 7.18. The van der Waals surface area contributed by atoms with Gasteiger partial charge in [-0.2, -0.15) is 0 Å². The SMILES string of the molecule is COc1ccc(C(OCC2OC(n3cc(C)c(=O)[nH]c3=O)CC2O[P@]2O[C@](C)(c3ccccc3)[C@@H]3CCCN32)(c2ccccc2)c2ccc(OC)cc2)cc1. The summed E-state index contributed by atoms with van der Waals surface area (Å²) < 4.78 is 42.9. The molecule has 0 spiro atoms. The molecule has 0 bridgehead atoms. The van der Waals surface area contributed by atoms with Gasteiger partial charge in [-0.25, -0.2) is 9.46 Å². The molecule has 4 aromatic carbocycles. The van der Waals surface area contributed by atoms with Crippen molar-refractivity contribution < 1.29 is 28.0 Å². The first-order chi connectivity index (χ1) is 26.7. The number of aromatic nitrogens is 2. The van der Waals surface area contributed by atoms with Crippen molar-refractivity contribution in [3.8, 4) is 11.5 Å². The number of aromatic amines is 1. The maximum atomic E-state index is 13.2. The number of methoxy groups -OCH3 is 2. The number of hydrogen-bond acceptors (Lipinski definition) is 9. The highest BCUT2D eigenvalue weighted by Crippen LogP contribution is 2.64. The van der Waals surface area contributed by atoms with Crippen LogP contribution in [-0.4, -0.2) is 59.8 Å². The second-order valence-corrected chi connectivity index (χ2v) is 15.8. The molecule has 3 saturated heterocycles. The van der Waals surface area contributed by atoms with Crippen LogP contribution in [0.25, 0.3) is 0 Å². The zero-order chi connectivity index (χ0) is 38.2. The van der Waals surface area contributed by atoms with Crippen molar-refractivity contribution in [3.63, 3.8) is 0 Å². The van der Waals surface area contributed by atoms with Crippen molar-refractivity contribution in [2.24, 2.45) is 0 Å². The van der Waals surface area contributed by atoms with Gasteiger partial charge >= 0.3 is 5.69 Å². The van der Waals surface area contributed by atoms with Crippen molar-refractivity contribution in [3.05, 3.63) is 164 Å². The predicted molar refractivity (Wildman–Crippen MR) is 209 cm³/mol. The van der Waals surface area contributed by atoms with Gasteiger partial charge in [-0.3, -0.25) is 14.3 Å². The Bertz CT molecular complexity index is 2150. The summed E-state index contributed by atoms with van der Waals surface area (Å²) in [5.74, 6) is 1.44. The summed E-state index contributed by atoms with van der Waals surface area (Å²) in [7, 11) is 1.79. The van der Waals surface area contributed by atoms with E-state index in [1.165, 1.54) is 4.57 Å². The van der Waals surface area contributed by atoms with Crippen molar-refractivity contribution in [2.45, 2.75) is 68.8 Å². The van der Waals surface area contributed by atoms with E-state index in [9.17, 15) is 9.59 Å². The number of benzene rings is 4. The Hall–Kier alpha value is -4.61. The number of nitrogens with zero attached hydrogens (tertiary/aromatic N) is 2. The monoisotopic (exact) mass is 763 g/mol. The average Bonchev–Trinajstić information content (AvgIpc) is 3.94. The lowest BCUT2D eigenvalue weighted by Gasteiger charge is -2.37. The minimum Gasteiger partial charge on any atom is -0.497 e. The highest BCUT2D eigenvalue weighted by atomic mass is 31.2. The van der Waals surface area contributed by atoms with Crippen LogP contribution in [0.2, 0.25) is 0 Å². The summed E-state index contributed by atoms with van der Waals surface area (Å²) in [5.41, 5.74) is 1.57. The quantitative estimate of drug-likeness (QED) is 0.104. The number of H-pyrrole nitrogens is 1. The lowest BCUT2D eigenvalue weighted by Crippen LogP contribution is -2.38. The Morgan fingerprint density at radius 3 is 2.07 bits per heavy atom. The molecule has 6 atom stereocenters. The number of hydrogen-bond donors (Lipinski definition) is 1. The molecule has 3 aliphatic heterocycles. The van der Waals surface area contributed by atoms with Crippen molar-refractivity contribution in [2.75, 3.05) is 27.4 Å². The second kappa shape index (κ2) is 15.5. The van der Waals surface area contributed by atoms with Crippen LogP contribution in [0, 0.1) is 6.92 Å². The number of nitrogens with one attached hydrogen (secondary N) is 1. The van der Waals surface area contributed by atoms with E-state index >= 15 is 0 Å². The molecular weight excluding hydrogens is 717 g/mol. The van der Waals surface area contributed by atoms with Crippen LogP contribution < -0.4 is 20.7 Å². The third-order valence-corrected chi connectivity index (χ3v) is 13.1. The largest absolute Gasteiger partial charge is 0.497 e. The van der Waals surface area contributed by atoms with Gasteiger partial charge < -0.3 is 28.0 Å². The van der Waals surface area contributed by atoms with Crippen LogP contribution >= 0.6 is 8.53 Å². The molecule has 3 fully saturated rings. The van der Waals surface area contributed by atoms with Crippen LogP contribution in [0.5, 0.6) is 11.5 Å². The first kappa shape index (κ1) is 37.3. The standard InChI is InChI=1S/C43H46N3O8P/c1-29-27-45(41(48)44-40(29)47)39-26-36(53-55-46-25-11-16-38(46)42(2,54-55)30-12-7-5-8-13-30)37(52-39)28-51-43(31-14-9-6-10-15-31,32-17-21-34(49-3)22-18-32)33-19-23-35(50-4)24-20-33/h5-10,12-15,17-24,27,36-39H,11,16,25-26,28H2,1-4H3,(H,44,47,48)/t36?,37?,38-,39?,42+,55+/m0/s1. The zero-order valence-electron chi connectivity index (χ0n) is 31.4. The fraction of sp³-hybridized carbons (Fsp3) is 0.349.